The number of hydrogen-bond acceptors (Lipinski definition) is 2. The van der Waals surface area contributed by atoms with Crippen LogP contribution in [0.5, 0.6) is 0 Å². The Morgan fingerprint density at radius 2 is 2.36 bits per heavy atom. The van der Waals surface area contributed by atoms with Crippen molar-refractivity contribution in [3.05, 3.63) is 34.8 Å². The maximum absolute atomic E-state index is 8.68. The average Bonchev–Trinajstić information content (AvgIpc) is 2.05. The maximum atomic E-state index is 8.68. The Morgan fingerprint density at radius 3 is 2.91 bits per heavy atom. The first kappa shape index (κ1) is 7.70. The summed E-state index contributed by atoms with van der Waals surface area (Å²) in [5.74, 6) is 0.372. The van der Waals surface area contributed by atoms with Gasteiger partial charge in [-0.1, -0.05) is 12.6 Å². The van der Waals surface area contributed by atoms with E-state index in [1.54, 1.807) is 12.1 Å². The topological polar surface area (TPSA) is 37.5 Å². The summed E-state index contributed by atoms with van der Waals surface area (Å²) in [5, 5.41) is 8.68. The van der Waals surface area contributed by atoms with Crippen LogP contribution in [-0.4, -0.2) is 10.1 Å². The number of pyridine rings is 1. The van der Waals surface area contributed by atoms with Crippen molar-refractivity contribution >= 4 is 5.82 Å². The van der Waals surface area contributed by atoms with Crippen molar-refractivity contribution in [1.82, 2.24) is 4.98 Å². The number of hydrogen-bond donors (Lipinski definition) is 1. The van der Waals surface area contributed by atoms with Crippen LogP contribution in [0, 0.1) is 13.5 Å². The molecule has 0 aromatic carbocycles. The molecular formula is C8H8N2O. The van der Waals surface area contributed by atoms with Crippen LogP contribution in [0.3, 0.4) is 0 Å². The summed E-state index contributed by atoms with van der Waals surface area (Å²) in [5.41, 5.74) is 1.39. The van der Waals surface area contributed by atoms with Crippen molar-refractivity contribution in [1.29, 1.82) is 0 Å². The second-order valence-electron chi connectivity index (χ2n) is 2.21. The molecule has 0 fully saturated rings. The van der Waals surface area contributed by atoms with Gasteiger partial charge in [0.25, 0.3) is 5.82 Å². The summed E-state index contributed by atoms with van der Waals surface area (Å²) in [6.07, 6.45) is 0. The van der Waals surface area contributed by atoms with Crippen molar-refractivity contribution in [2.45, 2.75) is 13.5 Å². The first-order chi connectivity index (χ1) is 5.27. The molecule has 0 amide bonds. The summed E-state index contributed by atoms with van der Waals surface area (Å²) < 4.78 is 0. The minimum absolute atomic E-state index is 0.108. The fraction of sp³-hybridized carbons (Fsp3) is 0.250. The lowest BCUT2D eigenvalue weighted by atomic mass is 10.2. The Bertz CT molecular complexity index is 301. The zero-order valence-electron chi connectivity index (χ0n) is 6.20. The molecule has 0 bridgehead atoms. The smallest absolute Gasteiger partial charge is 0.272 e. The Labute approximate surface area is 65.1 Å². The van der Waals surface area contributed by atoms with Crippen LogP contribution in [0.15, 0.2) is 12.1 Å². The first-order valence-corrected chi connectivity index (χ1v) is 3.22. The third kappa shape index (κ3) is 1.54. The molecule has 0 saturated heterocycles. The van der Waals surface area contributed by atoms with Crippen LogP contribution in [0.4, 0.5) is 5.82 Å². The molecule has 3 nitrogen and oxygen atoms in total. The summed E-state index contributed by atoms with van der Waals surface area (Å²) in [7, 11) is 0. The van der Waals surface area contributed by atoms with E-state index in [2.05, 4.69) is 9.83 Å². The molecule has 0 aliphatic heterocycles. The summed E-state index contributed by atoms with van der Waals surface area (Å²) >= 11 is 0. The van der Waals surface area contributed by atoms with Gasteiger partial charge in [-0.15, -0.1) is 4.98 Å². The van der Waals surface area contributed by atoms with E-state index >= 15 is 0 Å². The molecule has 0 spiro atoms. The van der Waals surface area contributed by atoms with Gasteiger partial charge >= 0.3 is 0 Å². The highest BCUT2D eigenvalue weighted by Crippen LogP contribution is 2.14. The maximum Gasteiger partial charge on any atom is 0.272 e. The number of nitrogens with zero attached hydrogens (tertiary/aromatic N) is 2. The standard InChI is InChI=1S/C8H8N2O/c1-6-3-4-7(5-11)10-8(6)9-2/h3-4,11H,5H2,1H3. The van der Waals surface area contributed by atoms with Crippen LogP contribution in [0.25, 0.3) is 4.85 Å². The number of aliphatic hydroxyl groups excluding tert-OH is 1. The minimum Gasteiger partial charge on any atom is -0.388 e. The van der Waals surface area contributed by atoms with Gasteiger partial charge in [-0.05, 0) is 18.6 Å². The van der Waals surface area contributed by atoms with E-state index in [1.807, 2.05) is 6.92 Å². The van der Waals surface area contributed by atoms with Crippen LogP contribution in [0.2, 0.25) is 0 Å². The number of aliphatic hydroxyl groups is 1. The molecule has 1 heterocycles. The molecule has 0 atom stereocenters. The SMILES string of the molecule is [C-]#[N+]c1nc(CO)ccc1C. The molecule has 0 unspecified atom stereocenters. The van der Waals surface area contributed by atoms with E-state index in [0.29, 0.717) is 11.5 Å². The van der Waals surface area contributed by atoms with Crippen LogP contribution in [-0.2, 0) is 6.61 Å². The molecular weight excluding hydrogens is 140 g/mol. The van der Waals surface area contributed by atoms with E-state index in [4.69, 9.17) is 11.7 Å². The number of aryl methyl sites for hydroxylation is 1. The minimum atomic E-state index is -0.108. The van der Waals surface area contributed by atoms with Crippen LogP contribution < -0.4 is 0 Å². The van der Waals surface area contributed by atoms with Gasteiger partial charge in [0, 0.05) is 0 Å². The number of rotatable bonds is 1. The molecule has 11 heavy (non-hydrogen) atoms. The Hall–Kier alpha value is -1.40. The molecule has 1 rings (SSSR count). The van der Waals surface area contributed by atoms with Crippen molar-refractivity contribution in [2.24, 2.45) is 0 Å². The molecule has 0 aliphatic rings. The largest absolute Gasteiger partial charge is 0.388 e. The van der Waals surface area contributed by atoms with Crippen molar-refractivity contribution in [3.63, 3.8) is 0 Å². The molecule has 56 valence electrons. The fourth-order valence-corrected chi connectivity index (χ4v) is 0.758. The summed E-state index contributed by atoms with van der Waals surface area (Å²) in [6, 6.07) is 3.50. The van der Waals surface area contributed by atoms with Gasteiger partial charge in [0.15, 0.2) is 5.69 Å². The molecule has 3 heteroatoms. The summed E-state index contributed by atoms with van der Waals surface area (Å²) in [4.78, 5) is 7.11. The molecule has 1 aromatic rings. The van der Waals surface area contributed by atoms with Gasteiger partial charge in [-0.25, -0.2) is 0 Å². The van der Waals surface area contributed by atoms with Gasteiger partial charge in [-0.2, -0.15) is 0 Å². The zero-order valence-corrected chi connectivity index (χ0v) is 6.20. The highest BCUT2D eigenvalue weighted by atomic mass is 16.3. The van der Waals surface area contributed by atoms with E-state index in [9.17, 15) is 0 Å². The van der Waals surface area contributed by atoms with Crippen molar-refractivity contribution in [3.8, 4) is 0 Å². The quantitative estimate of drug-likeness (QED) is 0.612. The second kappa shape index (κ2) is 3.13. The molecule has 0 radical (unpaired) electrons. The van der Waals surface area contributed by atoms with Gasteiger partial charge in [0.05, 0.1) is 0 Å². The fourth-order valence-electron chi connectivity index (χ4n) is 0.758. The lowest BCUT2D eigenvalue weighted by Crippen LogP contribution is -1.88. The predicted octanol–water partition coefficient (Wildman–Crippen LogP) is 1.43. The third-order valence-electron chi connectivity index (χ3n) is 1.40. The van der Waals surface area contributed by atoms with E-state index in [1.165, 1.54) is 0 Å². The Kier molecular flexibility index (Phi) is 2.19. The third-order valence-corrected chi connectivity index (χ3v) is 1.40. The summed E-state index contributed by atoms with van der Waals surface area (Å²) in [6.45, 7) is 8.45. The average molecular weight is 148 g/mol. The van der Waals surface area contributed by atoms with Gasteiger partial charge in [-0.3, -0.25) is 0 Å². The van der Waals surface area contributed by atoms with Crippen molar-refractivity contribution < 1.29 is 5.11 Å². The van der Waals surface area contributed by atoms with Crippen LogP contribution >= 0.6 is 0 Å². The van der Waals surface area contributed by atoms with E-state index in [-0.39, 0.29) is 6.61 Å². The zero-order chi connectivity index (χ0) is 8.27. The van der Waals surface area contributed by atoms with Crippen LogP contribution in [0.1, 0.15) is 11.3 Å². The molecule has 1 aromatic heterocycles. The van der Waals surface area contributed by atoms with Gasteiger partial charge in [0.1, 0.15) is 6.61 Å². The predicted molar refractivity (Wildman–Crippen MR) is 41.2 cm³/mol. The Balaban J connectivity index is 3.15. The van der Waals surface area contributed by atoms with E-state index in [0.717, 1.165) is 5.56 Å². The lowest BCUT2D eigenvalue weighted by molar-refractivity contribution is 0.277. The molecule has 0 saturated carbocycles. The molecule has 1 N–H and O–H groups in total. The monoisotopic (exact) mass is 148 g/mol. The second-order valence-corrected chi connectivity index (χ2v) is 2.21. The normalized spacial score (nSPS) is 9.18. The first-order valence-electron chi connectivity index (χ1n) is 3.22. The highest BCUT2D eigenvalue weighted by Gasteiger charge is 2.01. The Morgan fingerprint density at radius 1 is 1.64 bits per heavy atom. The number of aromatic nitrogens is 1. The highest BCUT2D eigenvalue weighted by molar-refractivity contribution is 5.44. The van der Waals surface area contributed by atoms with Crippen molar-refractivity contribution in [2.75, 3.05) is 0 Å². The lowest BCUT2D eigenvalue weighted by Gasteiger charge is -1.95. The van der Waals surface area contributed by atoms with Gasteiger partial charge < -0.3 is 9.95 Å². The van der Waals surface area contributed by atoms with Gasteiger partial charge in [0.2, 0.25) is 0 Å². The van der Waals surface area contributed by atoms with E-state index < -0.39 is 0 Å². The molecule has 0 aliphatic carbocycles.